The number of pyridine rings is 1. The van der Waals surface area contributed by atoms with Crippen molar-refractivity contribution in [2.24, 2.45) is 0 Å². The number of hydrogen-bond acceptors (Lipinski definition) is 3. The molecule has 0 bridgehead atoms. The first kappa shape index (κ1) is 11.8. The van der Waals surface area contributed by atoms with Crippen molar-refractivity contribution in [2.45, 2.75) is 6.42 Å². The third-order valence-electron chi connectivity index (χ3n) is 2.38. The van der Waals surface area contributed by atoms with Gasteiger partial charge in [0.15, 0.2) is 0 Å². The quantitative estimate of drug-likeness (QED) is 0.889. The van der Waals surface area contributed by atoms with Crippen LogP contribution < -0.4 is 5.32 Å². The van der Waals surface area contributed by atoms with E-state index in [1.54, 1.807) is 42.6 Å². The van der Waals surface area contributed by atoms with Crippen LogP contribution in [0.2, 0.25) is 0 Å². The SMILES string of the molecule is N#Cc1ccc(CC(=O)Nc2ccccn2)cc1. The number of nitrogens with one attached hydrogen (secondary N) is 1. The molecule has 2 rings (SSSR count). The molecule has 0 aliphatic rings. The molecule has 88 valence electrons. The molecule has 0 radical (unpaired) electrons. The van der Waals surface area contributed by atoms with Crippen molar-refractivity contribution in [1.82, 2.24) is 4.98 Å². The maximum absolute atomic E-state index is 11.7. The number of rotatable bonds is 3. The molecule has 1 N–H and O–H groups in total. The summed E-state index contributed by atoms with van der Waals surface area (Å²) in [6.07, 6.45) is 1.89. The van der Waals surface area contributed by atoms with Crippen molar-refractivity contribution in [3.8, 4) is 6.07 Å². The fourth-order valence-electron chi connectivity index (χ4n) is 1.51. The van der Waals surface area contributed by atoms with E-state index < -0.39 is 0 Å². The second-order valence-electron chi connectivity index (χ2n) is 3.75. The molecule has 4 heteroatoms. The van der Waals surface area contributed by atoms with E-state index >= 15 is 0 Å². The molecule has 1 aromatic heterocycles. The number of carbonyl (C=O) groups excluding carboxylic acids is 1. The molecule has 1 aromatic carbocycles. The van der Waals surface area contributed by atoms with Crippen molar-refractivity contribution in [2.75, 3.05) is 5.32 Å². The zero-order valence-corrected chi connectivity index (χ0v) is 9.63. The van der Waals surface area contributed by atoms with Gasteiger partial charge in [0.25, 0.3) is 0 Å². The third kappa shape index (κ3) is 3.16. The van der Waals surface area contributed by atoms with Crippen LogP contribution in [0.5, 0.6) is 0 Å². The largest absolute Gasteiger partial charge is 0.310 e. The lowest BCUT2D eigenvalue weighted by Crippen LogP contribution is -2.15. The van der Waals surface area contributed by atoms with E-state index in [0.29, 0.717) is 11.4 Å². The van der Waals surface area contributed by atoms with Gasteiger partial charge in [0.1, 0.15) is 5.82 Å². The molecule has 2 aromatic rings. The van der Waals surface area contributed by atoms with Crippen LogP contribution in [0, 0.1) is 11.3 Å². The van der Waals surface area contributed by atoms with Gasteiger partial charge in [-0.05, 0) is 29.8 Å². The highest BCUT2D eigenvalue weighted by Gasteiger charge is 2.04. The molecule has 18 heavy (non-hydrogen) atoms. The maximum Gasteiger partial charge on any atom is 0.229 e. The standard InChI is InChI=1S/C14H11N3O/c15-10-12-6-4-11(5-7-12)9-14(18)17-13-3-1-2-8-16-13/h1-8H,9H2,(H,16,17,18). The van der Waals surface area contributed by atoms with Gasteiger partial charge in [-0.15, -0.1) is 0 Å². The van der Waals surface area contributed by atoms with Crippen molar-refractivity contribution >= 4 is 11.7 Å². The smallest absolute Gasteiger partial charge is 0.229 e. The van der Waals surface area contributed by atoms with Gasteiger partial charge in [0.2, 0.25) is 5.91 Å². The molecule has 0 aliphatic heterocycles. The zero-order valence-electron chi connectivity index (χ0n) is 9.63. The van der Waals surface area contributed by atoms with Crippen LogP contribution in [0.3, 0.4) is 0 Å². The van der Waals surface area contributed by atoms with Gasteiger partial charge in [-0.1, -0.05) is 18.2 Å². The van der Waals surface area contributed by atoms with E-state index in [4.69, 9.17) is 5.26 Å². The summed E-state index contributed by atoms with van der Waals surface area (Å²) in [6.45, 7) is 0. The Hall–Kier alpha value is -2.67. The normalized spacial score (nSPS) is 9.50. The van der Waals surface area contributed by atoms with Gasteiger partial charge in [0.05, 0.1) is 18.1 Å². The monoisotopic (exact) mass is 237 g/mol. The van der Waals surface area contributed by atoms with Crippen LogP contribution in [-0.2, 0) is 11.2 Å². The molecule has 0 fully saturated rings. The van der Waals surface area contributed by atoms with Gasteiger partial charge >= 0.3 is 0 Å². The Labute approximate surface area is 105 Å². The van der Waals surface area contributed by atoms with Gasteiger partial charge in [-0.2, -0.15) is 5.26 Å². The lowest BCUT2D eigenvalue weighted by Gasteiger charge is -2.04. The predicted molar refractivity (Wildman–Crippen MR) is 67.7 cm³/mol. The van der Waals surface area contributed by atoms with Crippen LogP contribution >= 0.6 is 0 Å². The summed E-state index contributed by atoms with van der Waals surface area (Å²) in [6, 6.07) is 14.3. The van der Waals surface area contributed by atoms with E-state index in [1.807, 2.05) is 12.1 Å². The minimum absolute atomic E-state index is 0.126. The average Bonchev–Trinajstić information content (AvgIpc) is 2.40. The number of nitriles is 1. The summed E-state index contributed by atoms with van der Waals surface area (Å²) >= 11 is 0. The fourth-order valence-corrected chi connectivity index (χ4v) is 1.51. The number of aromatic nitrogens is 1. The molecular formula is C14H11N3O. The lowest BCUT2D eigenvalue weighted by atomic mass is 10.1. The Bertz CT molecular complexity index is 570. The van der Waals surface area contributed by atoms with Gasteiger partial charge in [0, 0.05) is 6.20 Å². The summed E-state index contributed by atoms with van der Waals surface area (Å²) in [4.78, 5) is 15.7. The highest BCUT2D eigenvalue weighted by Crippen LogP contribution is 2.06. The average molecular weight is 237 g/mol. The van der Waals surface area contributed by atoms with Crippen LogP contribution in [0.1, 0.15) is 11.1 Å². The highest BCUT2D eigenvalue weighted by atomic mass is 16.1. The number of benzene rings is 1. The van der Waals surface area contributed by atoms with Crippen LogP contribution in [0.25, 0.3) is 0 Å². The lowest BCUT2D eigenvalue weighted by molar-refractivity contribution is -0.115. The molecule has 0 spiro atoms. The van der Waals surface area contributed by atoms with E-state index in [1.165, 1.54) is 0 Å². The summed E-state index contributed by atoms with van der Waals surface area (Å²) < 4.78 is 0. The Morgan fingerprint density at radius 1 is 1.22 bits per heavy atom. The highest BCUT2D eigenvalue weighted by molar-refractivity contribution is 5.91. The van der Waals surface area contributed by atoms with E-state index in [-0.39, 0.29) is 12.3 Å². The topological polar surface area (TPSA) is 65.8 Å². The molecule has 0 saturated carbocycles. The zero-order chi connectivity index (χ0) is 12.8. The first-order chi connectivity index (χ1) is 8.78. The Morgan fingerprint density at radius 2 is 2.00 bits per heavy atom. The first-order valence-electron chi connectivity index (χ1n) is 5.48. The minimum atomic E-state index is -0.126. The molecule has 0 unspecified atom stereocenters. The second-order valence-corrected chi connectivity index (χ2v) is 3.75. The molecule has 1 heterocycles. The third-order valence-corrected chi connectivity index (χ3v) is 2.38. The van der Waals surface area contributed by atoms with E-state index in [2.05, 4.69) is 10.3 Å². The van der Waals surface area contributed by atoms with Gasteiger partial charge in [-0.25, -0.2) is 4.98 Å². The Balaban J connectivity index is 1.97. The van der Waals surface area contributed by atoms with Crippen molar-refractivity contribution in [1.29, 1.82) is 5.26 Å². The summed E-state index contributed by atoms with van der Waals surface area (Å²) in [5.74, 6) is 0.412. The first-order valence-corrected chi connectivity index (χ1v) is 5.48. The minimum Gasteiger partial charge on any atom is -0.310 e. The predicted octanol–water partition coefficient (Wildman–Crippen LogP) is 2.13. The molecule has 0 atom stereocenters. The number of carbonyl (C=O) groups is 1. The maximum atomic E-state index is 11.7. The summed E-state index contributed by atoms with van der Waals surface area (Å²) in [5, 5.41) is 11.4. The Morgan fingerprint density at radius 3 is 2.61 bits per heavy atom. The van der Waals surface area contributed by atoms with Crippen molar-refractivity contribution in [3.05, 3.63) is 59.8 Å². The van der Waals surface area contributed by atoms with E-state index in [9.17, 15) is 4.79 Å². The van der Waals surface area contributed by atoms with Crippen molar-refractivity contribution < 1.29 is 4.79 Å². The second kappa shape index (κ2) is 5.60. The number of amides is 1. The molecule has 0 saturated heterocycles. The van der Waals surface area contributed by atoms with Crippen molar-refractivity contribution in [3.63, 3.8) is 0 Å². The summed E-state index contributed by atoms with van der Waals surface area (Å²) in [5.41, 5.74) is 1.45. The molecule has 1 amide bonds. The van der Waals surface area contributed by atoms with Crippen LogP contribution in [0.4, 0.5) is 5.82 Å². The molecule has 0 aliphatic carbocycles. The Kier molecular flexibility index (Phi) is 3.67. The van der Waals surface area contributed by atoms with Crippen LogP contribution in [0.15, 0.2) is 48.7 Å². The van der Waals surface area contributed by atoms with Gasteiger partial charge in [-0.3, -0.25) is 4.79 Å². The number of anilines is 1. The number of hydrogen-bond donors (Lipinski definition) is 1. The van der Waals surface area contributed by atoms with Crippen LogP contribution in [-0.4, -0.2) is 10.9 Å². The van der Waals surface area contributed by atoms with E-state index in [0.717, 1.165) is 5.56 Å². The summed E-state index contributed by atoms with van der Waals surface area (Å²) in [7, 11) is 0. The molecular weight excluding hydrogens is 226 g/mol. The molecule has 4 nitrogen and oxygen atoms in total. The number of nitrogens with zero attached hydrogens (tertiary/aromatic N) is 2. The fraction of sp³-hybridized carbons (Fsp3) is 0.0714. The van der Waals surface area contributed by atoms with Gasteiger partial charge < -0.3 is 5.32 Å².